The molecule has 1 unspecified atom stereocenters. The second kappa shape index (κ2) is 13.5. The molecule has 1 fully saturated rings. The number of halogens is 3. The smallest absolute Gasteiger partial charge is 0.243 e. The average Bonchev–Trinajstić information content (AvgIpc) is 2.89. The molecule has 0 bridgehead atoms. The maximum atomic E-state index is 13.9. The highest BCUT2D eigenvalue weighted by Crippen LogP contribution is 2.24. The van der Waals surface area contributed by atoms with Crippen molar-refractivity contribution in [3.05, 3.63) is 104 Å². The molecule has 0 heterocycles. The van der Waals surface area contributed by atoms with Gasteiger partial charge in [-0.15, -0.1) is 0 Å². The van der Waals surface area contributed by atoms with Crippen molar-refractivity contribution in [3.63, 3.8) is 0 Å². The predicted octanol–water partition coefficient (Wildman–Crippen LogP) is 7.39. The van der Waals surface area contributed by atoms with Crippen LogP contribution in [0, 0.1) is 0 Å². The number of carbonyl (C=O) groups excluding carboxylic acids is 2. The van der Waals surface area contributed by atoms with Gasteiger partial charge in [-0.1, -0.05) is 107 Å². The molecule has 1 saturated carbocycles. The van der Waals surface area contributed by atoms with E-state index < -0.39 is 6.04 Å². The lowest BCUT2D eigenvalue weighted by Crippen LogP contribution is -2.53. The Balaban J connectivity index is 1.67. The van der Waals surface area contributed by atoms with Crippen molar-refractivity contribution in [2.75, 3.05) is 0 Å². The average molecular weight is 602 g/mol. The minimum atomic E-state index is -0.665. The molecule has 2 amide bonds. The maximum absolute atomic E-state index is 13.9. The van der Waals surface area contributed by atoms with Crippen molar-refractivity contribution < 1.29 is 9.59 Å². The van der Waals surface area contributed by atoms with Gasteiger partial charge in [0.1, 0.15) is 6.04 Å². The van der Waals surface area contributed by atoms with E-state index in [1.165, 1.54) is 6.42 Å². The van der Waals surface area contributed by atoms with E-state index >= 15 is 0 Å². The van der Waals surface area contributed by atoms with Crippen molar-refractivity contribution in [3.8, 4) is 0 Å². The van der Waals surface area contributed by atoms with E-state index in [-0.39, 0.29) is 24.3 Å². The van der Waals surface area contributed by atoms with Crippen LogP contribution in [0.25, 0.3) is 0 Å². The number of carbonyl (C=O) groups is 2. The van der Waals surface area contributed by atoms with E-state index in [2.05, 4.69) is 21.2 Å². The van der Waals surface area contributed by atoms with E-state index in [4.69, 9.17) is 23.2 Å². The van der Waals surface area contributed by atoms with Gasteiger partial charge in [-0.25, -0.2) is 0 Å². The van der Waals surface area contributed by atoms with Gasteiger partial charge < -0.3 is 10.2 Å². The minimum Gasteiger partial charge on any atom is -0.352 e. The summed E-state index contributed by atoms with van der Waals surface area (Å²) in [6.45, 7) is 0.305. The SMILES string of the molecule is O=C(NC1CCCCC1)C(Cc1ccccc1)N(Cc1cccc(Br)c1)C(=O)Cc1ccc(Cl)cc1Cl. The quantitative estimate of drug-likeness (QED) is 0.278. The fourth-order valence-electron chi connectivity index (χ4n) is 4.86. The van der Waals surface area contributed by atoms with Crippen molar-refractivity contribution in [1.82, 2.24) is 10.2 Å². The van der Waals surface area contributed by atoms with Crippen LogP contribution < -0.4 is 5.32 Å². The molecule has 4 nitrogen and oxygen atoms in total. The molecule has 37 heavy (non-hydrogen) atoms. The number of amides is 2. The molecule has 7 heteroatoms. The maximum Gasteiger partial charge on any atom is 0.243 e. The molecular formula is C30H31BrCl2N2O2. The van der Waals surface area contributed by atoms with Crippen LogP contribution in [0.1, 0.15) is 48.8 Å². The Labute approximate surface area is 237 Å². The number of rotatable bonds is 9. The lowest BCUT2D eigenvalue weighted by molar-refractivity contribution is -0.141. The monoisotopic (exact) mass is 600 g/mol. The van der Waals surface area contributed by atoms with Crippen molar-refractivity contribution >= 4 is 50.9 Å². The zero-order chi connectivity index (χ0) is 26.2. The number of nitrogens with zero attached hydrogens (tertiary/aromatic N) is 1. The first-order valence-corrected chi connectivity index (χ1v) is 14.3. The van der Waals surface area contributed by atoms with Gasteiger partial charge in [0.25, 0.3) is 0 Å². The van der Waals surface area contributed by atoms with Crippen molar-refractivity contribution in [2.24, 2.45) is 0 Å². The van der Waals surface area contributed by atoms with E-state index in [1.54, 1.807) is 23.1 Å². The van der Waals surface area contributed by atoms with Gasteiger partial charge in [0.15, 0.2) is 0 Å². The summed E-state index contributed by atoms with van der Waals surface area (Å²) in [5.74, 6) is -0.273. The second-order valence-corrected chi connectivity index (χ2v) is 11.4. The summed E-state index contributed by atoms with van der Waals surface area (Å²) >= 11 is 16.0. The van der Waals surface area contributed by atoms with Gasteiger partial charge in [0.05, 0.1) is 6.42 Å². The van der Waals surface area contributed by atoms with E-state index in [1.807, 2.05) is 54.6 Å². The third-order valence-electron chi connectivity index (χ3n) is 6.82. The van der Waals surface area contributed by atoms with Crippen LogP contribution >= 0.6 is 39.1 Å². The Morgan fingerprint density at radius 1 is 0.919 bits per heavy atom. The Bertz CT molecular complexity index is 1220. The highest BCUT2D eigenvalue weighted by atomic mass is 79.9. The predicted molar refractivity (Wildman–Crippen MR) is 154 cm³/mol. The molecule has 3 aromatic carbocycles. The van der Waals surface area contributed by atoms with Gasteiger partial charge in [-0.05, 0) is 53.8 Å². The molecule has 0 aromatic heterocycles. The molecule has 0 aliphatic heterocycles. The Morgan fingerprint density at radius 2 is 1.65 bits per heavy atom. The third-order valence-corrected chi connectivity index (χ3v) is 7.90. The molecule has 0 spiro atoms. The summed E-state index contributed by atoms with van der Waals surface area (Å²) in [5, 5.41) is 4.22. The zero-order valence-electron chi connectivity index (χ0n) is 20.6. The van der Waals surface area contributed by atoms with Crippen LogP contribution in [-0.2, 0) is 29.0 Å². The summed E-state index contributed by atoms with van der Waals surface area (Å²) in [5.41, 5.74) is 2.62. The van der Waals surface area contributed by atoms with Crippen molar-refractivity contribution in [2.45, 2.75) is 63.6 Å². The van der Waals surface area contributed by atoms with Crippen LogP contribution in [0.2, 0.25) is 10.0 Å². The van der Waals surface area contributed by atoms with E-state index in [0.29, 0.717) is 28.6 Å². The van der Waals surface area contributed by atoms with Gasteiger partial charge in [0.2, 0.25) is 11.8 Å². The van der Waals surface area contributed by atoms with E-state index in [9.17, 15) is 9.59 Å². The Morgan fingerprint density at radius 3 is 2.35 bits per heavy atom. The van der Waals surface area contributed by atoms with Crippen LogP contribution in [0.3, 0.4) is 0 Å². The first-order chi connectivity index (χ1) is 17.9. The molecule has 1 N–H and O–H groups in total. The molecule has 0 saturated heterocycles. The molecule has 1 atom stereocenters. The molecular weight excluding hydrogens is 571 g/mol. The van der Waals surface area contributed by atoms with Gasteiger partial charge >= 0.3 is 0 Å². The summed E-state index contributed by atoms with van der Waals surface area (Å²) in [7, 11) is 0. The molecule has 3 aromatic rings. The summed E-state index contributed by atoms with van der Waals surface area (Å²) in [6, 6.07) is 22.3. The number of benzene rings is 3. The minimum absolute atomic E-state index is 0.0754. The molecule has 1 aliphatic carbocycles. The van der Waals surface area contributed by atoms with Crippen molar-refractivity contribution in [1.29, 1.82) is 0 Å². The summed E-state index contributed by atoms with van der Waals surface area (Å²) in [4.78, 5) is 29.4. The van der Waals surface area contributed by atoms with Crippen LogP contribution in [0.4, 0.5) is 0 Å². The first kappa shape index (κ1) is 27.7. The topological polar surface area (TPSA) is 49.4 Å². The Hall–Kier alpha value is -2.34. The largest absolute Gasteiger partial charge is 0.352 e. The normalized spacial score (nSPS) is 14.7. The number of nitrogens with one attached hydrogen (secondary N) is 1. The molecule has 4 rings (SSSR count). The van der Waals surface area contributed by atoms with Gasteiger partial charge in [0, 0.05) is 33.5 Å². The molecule has 194 valence electrons. The number of hydrogen-bond acceptors (Lipinski definition) is 2. The number of hydrogen-bond donors (Lipinski definition) is 1. The van der Waals surface area contributed by atoms with Gasteiger partial charge in [-0.3, -0.25) is 9.59 Å². The Kier molecular flexibility index (Phi) is 10.1. The van der Waals surface area contributed by atoms with Crippen LogP contribution in [0.15, 0.2) is 77.3 Å². The lowest BCUT2D eigenvalue weighted by atomic mass is 9.94. The standard InChI is InChI=1S/C30H31BrCl2N2O2/c31-24-11-7-10-22(16-24)20-35(29(36)18-23-14-15-25(32)19-27(23)33)28(17-21-8-3-1-4-9-21)30(37)34-26-12-5-2-6-13-26/h1,3-4,7-11,14-16,19,26,28H,2,5-6,12-13,17-18,20H2,(H,34,37). The summed E-state index contributed by atoms with van der Waals surface area (Å²) in [6.07, 6.45) is 5.89. The van der Waals surface area contributed by atoms with Crippen LogP contribution in [0.5, 0.6) is 0 Å². The molecule has 1 aliphatic rings. The fourth-order valence-corrected chi connectivity index (χ4v) is 5.78. The highest BCUT2D eigenvalue weighted by Gasteiger charge is 2.32. The third kappa shape index (κ3) is 8.07. The first-order valence-electron chi connectivity index (χ1n) is 12.7. The lowest BCUT2D eigenvalue weighted by Gasteiger charge is -2.33. The fraction of sp³-hybridized carbons (Fsp3) is 0.333. The molecule has 0 radical (unpaired) electrons. The highest BCUT2D eigenvalue weighted by molar-refractivity contribution is 9.10. The van der Waals surface area contributed by atoms with Crippen LogP contribution in [-0.4, -0.2) is 28.8 Å². The van der Waals surface area contributed by atoms with Gasteiger partial charge in [-0.2, -0.15) is 0 Å². The summed E-state index contributed by atoms with van der Waals surface area (Å²) < 4.78 is 0.921. The second-order valence-electron chi connectivity index (χ2n) is 9.61. The van der Waals surface area contributed by atoms with E-state index in [0.717, 1.165) is 41.3 Å². The zero-order valence-corrected chi connectivity index (χ0v) is 23.7.